The number of nitrogens with one attached hydrogen (secondary N) is 2. The number of nitrogens with zero attached hydrogens (tertiary/aromatic N) is 3. The van der Waals surface area contributed by atoms with Crippen LogP contribution in [0.4, 0.5) is 0 Å². The zero-order valence-corrected chi connectivity index (χ0v) is 19.9. The van der Waals surface area contributed by atoms with Crippen molar-refractivity contribution in [3.8, 4) is 5.69 Å². The number of halogens is 2. The predicted molar refractivity (Wildman–Crippen MR) is 124 cm³/mol. The molecule has 0 atom stereocenters. The van der Waals surface area contributed by atoms with Gasteiger partial charge in [0.05, 0.1) is 27.2 Å². The van der Waals surface area contributed by atoms with Crippen LogP contribution in [0.2, 0.25) is 10.0 Å². The first-order valence-electron chi connectivity index (χ1n) is 9.77. The standard InChI is InChI=1S/C20H19Cl2N5O3S2/c21-16-8-5-14(11-17(16)22)27-18(24-25-20(27)31)12-23-19(28)13-3-6-15(7-4-13)32(29,30)26-9-1-2-10-26/h3-8,11H,1-2,9-10,12H2,(H,23,28)(H,25,31). The van der Waals surface area contributed by atoms with Crippen LogP contribution in [0.1, 0.15) is 29.0 Å². The Bertz CT molecular complexity index is 1310. The van der Waals surface area contributed by atoms with Gasteiger partial charge in [0.1, 0.15) is 0 Å². The maximum atomic E-state index is 12.6. The fraction of sp³-hybridized carbons (Fsp3) is 0.250. The molecule has 1 fully saturated rings. The lowest BCUT2D eigenvalue weighted by atomic mass is 10.2. The van der Waals surface area contributed by atoms with Crippen LogP contribution in [0, 0.1) is 4.77 Å². The first kappa shape index (κ1) is 22.9. The average molecular weight is 512 g/mol. The van der Waals surface area contributed by atoms with Crippen LogP contribution in [0.15, 0.2) is 47.4 Å². The van der Waals surface area contributed by atoms with Gasteiger partial charge in [-0.25, -0.2) is 8.42 Å². The number of carbonyl (C=O) groups is 1. The minimum Gasteiger partial charge on any atom is -0.345 e. The molecular weight excluding hydrogens is 493 g/mol. The maximum Gasteiger partial charge on any atom is 0.251 e. The van der Waals surface area contributed by atoms with Crippen LogP contribution in [0.25, 0.3) is 5.69 Å². The van der Waals surface area contributed by atoms with E-state index in [1.54, 1.807) is 22.8 Å². The number of aromatic amines is 1. The molecular formula is C20H19Cl2N5O3S2. The van der Waals surface area contributed by atoms with E-state index in [0.29, 0.717) is 45.0 Å². The van der Waals surface area contributed by atoms with Crippen molar-refractivity contribution in [3.05, 3.63) is 68.7 Å². The van der Waals surface area contributed by atoms with Crippen LogP contribution in [0.3, 0.4) is 0 Å². The van der Waals surface area contributed by atoms with Gasteiger partial charge in [-0.05, 0) is 67.5 Å². The third-order valence-corrected chi connectivity index (χ3v) is 8.06. The molecule has 1 aliphatic rings. The molecule has 32 heavy (non-hydrogen) atoms. The van der Waals surface area contributed by atoms with E-state index in [1.807, 2.05) is 0 Å². The van der Waals surface area contributed by atoms with E-state index in [9.17, 15) is 13.2 Å². The molecule has 1 saturated heterocycles. The van der Waals surface area contributed by atoms with E-state index in [2.05, 4.69) is 15.5 Å². The van der Waals surface area contributed by atoms with Crippen molar-refractivity contribution in [1.29, 1.82) is 0 Å². The SMILES string of the molecule is O=C(NCc1n[nH]c(=S)n1-c1ccc(Cl)c(Cl)c1)c1ccc(S(=O)(=O)N2CCCC2)cc1. The van der Waals surface area contributed by atoms with Crippen LogP contribution < -0.4 is 5.32 Å². The van der Waals surface area contributed by atoms with Gasteiger partial charge in [0.2, 0.25) is 10.0 Å². The summed E-state index contributed by atoms with van der Waals surface area (Å²) in [5.41, 5.74) is 0.986. The smallest absolute Gasteiger partial charge is 0.251 e. The molecule has 2 N–H and O–H groups in total. The number of aromatic nitrogens is 3. The van der Waals surface area contributed by atoms with Gasteiger partial charge in [-0.3, -0.25) is 14.5 Å². The minimum absolute atomic E-state index is 0.0834. The topological polar surface area (TPSA) is 100 Å². The third-order valence-electron chi connectivity index (χ3n) is 5.13. The number of hydrogen-bond acceptors (Lipinski definition) is 5. The molecule has 0 saturated carbocycles. The summed E-state index contributed by atoms with van der Waals surface area (Å²) in [6.45, 7) is 1.13. The number of benzene rings is 2. The normalized spacial score (nSPS) is 14.6. The van der Waals surface area contributed by atoms with E-state index in [0.717, 1.165) is 12.8 Å². The van der Waals surface area contributed by atoms with Crippen molar-refractivity contribution < 1.29 is 13.2 Å². The van der Waals surface area contributed by atoms with Gasteiger partial charge in [0.25, 0.3) is 5.91 Å². The van der Waals surface area contributed by atoms with Crippen molar-refractivity contribution in [1.82, 2.24) is 24.4 Å². The van der Waals surface area contributed by atoms with Gasteiger partial charge in [-0.1, -0.05) is 23.2 Å². The lowest BCUT2D eigenvalue weighted by Crippen LogP contribution is -2.28. The van der Waals surface area contributed by atoms with Crippen LogP contribution in [-0.2, 0) is 16.6 Å². The number of H-pyrrole nitrogens is 1. The Balaban J connectivity index is 1.48. The van der Waals surface area contributed by atoms with Crippen molar-refractivity contribution in [2.75, 3.05) is 13.1 Å². The highest BCUT2D eigenvalue weighted by molar-refractivity contribution is 7.89. The highest BCUT2D eigenvalue weighted by Gasteiger charge is 2.27. The molecule has 1 aromatic heterocycles. The second-order valence-electron chi connectivity index (χ2n) is 7.20. The number of rotatable bonds is 6. The van der Waals surface area contributed by atoms with E-state index in [-0.39, 0.29) is 17.3 Å². The first-order valence-corrected chi connectivity index (χ1v) is 12.4. The Labute approximate surface area is 200 Å². The van der Waals surface area contributed by atoms with Crippen molar-refractivity contribution >= 4 is 51.4 Å². The van der Waals surface area contributed by atoms with Gasteiger partial charge < -0.3 is 5.32 Å². The Hall–Kier alpha value is -2.24. The van der Waals surface area contributed by atoms with Crippen molar-refractivity contribution in [2.45, 2.75) is 24.3 Å². The van der Waals surface area contributed by atoms with Crippen LogP contribution in [-0.4, -0.2) is 46.5 Å². The fourth-order valence-corrected chi connectivity index (χ4v) is 5.52. The minimum atomic E-state index is -3.52. The maximum absolute atomic E-state index is 12.6. The van der Waals surface area contributed by atoms with E-state index < -0.39 is 10.0 Å². The van der Waals surface area contributed by atoms with Gasteiger partial charge >= 0.3 is 0 Å². The molecule has 168 valence electrons. The Morgan fingerprint density at radius 1 is 1.09 bits per heavy atom. The van der Waals surface area contributed by atoms with E-state index >= 15 is 0 Å². The molecule has 0 radical (unpaired) electrons. The van der Waals surface area contributed by atoms with Crippen LogP contribution >= 0.6 is 35.4 Å². The molecule has 12 heteroatoms. The molecule has 3 aromatic rings. The quantitative estimate of drug-likeness (QED) is 0.488. The molecule has 1 aliphatic heterocycles. The van der Waals surface area contributed by atoms with Crippen molar-refractivity contribution in [2.24, 2.45) is 0 Å². The summed E-state index contributed by atoms with van der Waals surface area (Å²) in [6, 6.07) is 10.9. The second kappa shape index (κ2) is 9.32. The summed E-state index contributed by atoms with van der Waals surface area (Å²) in [5, 5.41) is 10.4. The molecule has 0 spiro atoms. The van der Waals surface area contributed by atoms with Crippen LogP contribution in [0.5, 0.6) is 0 Å². The average Bonchev–Trinajstić information content (AvgIpc) is 3.45. The summed E-state index contributed by atoms with van der Waals surface area (Å²) in [6.07, 6.45) is 1.72. The third kappa shape index (κ3) is 4.60. The predicted octanol–water partition coefficient (Wildman–Crippen LogP) is 3.95. The van der Waals surface area contributed by atoms with Gasteiger partial charge in [0, 0.05) is 18.7 Å². The summed E-state index contributed by atoms with van der Waals surface area (Å²) >= 11 is 17.4. The van der Waals surface area contributed by atoms with Gasteiger partial charge in [-0.15, -0.1) is 0 Å². The van der Waals surface area contributed by atoms with E-state index in [4.69, 9.17) is 35.4 Å². The molecule has 1 amide bonds. The Morgan fingerprint density at radius 3 is 2.44 bits per heavy atom. The molecule has 2 heterocycles. The summed E-state index contributed by atoms with van der Waals surface area (Å²) in [5.74, 6) is 0.0969. The van der Waals surface area contributed by atoms with Gasteiger partial charge in [0.15, 0.2) is 10.6 Å². The fourth-order valence-electron chi connectivity index (χ4n) is 3.46. The summed E-state index contributed by atoms with van der Waals surface area (Å²) < 4.78 is 28.7. The Morgan fingerprint density at radius 2 is 1.78 bits per heavy atom. The largest absolute Gasteiger partial charge is 0.345 e. The molecule has 4 rings (SSSR count). The monoisotopic (exact) mass is 511 g/mol. The van der Waals surface area contributed by atoms with Crippen molar-refractivity contribution in [3.63, 3.8) is 0 Å². The zero-order chi connectivity index (χ0) is 22.9. The highest BCUT2D eigenvalue weighted by atomic mass is 35.5. The molecule has 0 aliphatic carbocycles. The number of sulfonamides is 1. The highest BCUT2D eigenvalue weighted by Crippen LogP contribution is 2.25. The summed E-state index contributed by atoms with van der Waals surface area (Å²) in [7, 11) is -3.52. The first-order chi connectivity index (χ1) is 15.3. The molecule has 8 nitrogen and oxygen atoms in total. The number of hydrogen-bond donors (Lipinski definition) is 2. The number of amides is 1. The van der Waals surface area contributed by atoms with E-state index in [1.165, 1.54) is 28.6 Å². The molecule has 2 aromatic carbocycles. The lowest BCUT2D eigenvalue weighted by Gasteiger charge is -2.15. The summed E-state index contributed by atoms with van der Waals surface area (Å²) in [4.78, 5) is 12.8. The lowest BCUT2D eigenvalue weighted by molar-refractivity contribution is 0.0949. The Kier molecular flexibility index (Phi) is 6.68. The number of carbonyl (C=O) groups excluding carboxylic acids is 1. The second-order valence-corrected chi connectivity index (χ2v) is 10.3. The molecule has 0 unspecified atom stereocenters. The molecule has 0 bridgehead atoms. The zero-order valence-electron chi connectivity index (χ0n) is 16.7. The van der Waals surface area contributed by atoms with Gasteiger partial charge in [-0.2, -0.15) is 9.40 Å².